The zero-order valence-corrected chi connectivity index (χ0v) is 14.4. The molecular weight excluding hydrogens is 330 g/mol. The number of nitrogens with zero attached hydrogens (tertiary/aromatic N) is 3. The molecule has 2 aliphatic rings. The Hall–Kier alpha value is -2.90. The number of nitrogens with two attached hydrogens (primary N) is 1. The van der Waals surface area contributed by atoms with Gasteiger partial charge in [-0.3, -0.25) is 20.3 Å². The lowest BCUT2D eigenvalue weighted by Crippen LogP contribution is -2.31. The van der Waals surface area contributed by atoms with E-state index in [4.69, 9.17) is 5.90 Å². The Morgan fingerprint density at radius 2 is 2.04 bits per heavy atom. The molecule has 0 atom stereocenters. The lowest BCUT2D eigenvalue weighted by Gasteiger charge is -2.29. The summed E-state index contributed by atoms with van der Waals surface area (Å²) in [5, 5.41) is 1.99. The van der Waals surface area contributed by atoms with E-state index in [0.29, 0.717) is 12.2 Å². The summed E-state index contributed by atoms with van der Waals surface area (Å²) in [5.74, 6) is 4.47. The Labute approximate surface area is 152 Å². The van der Waals surface area contributed by atoms with Crippen molar-refractivity contribution in [3.8, 4) is 0 Å². The Kier molecular flexibility index (Phi) is 4.55. The lowest BCUT2D eigenvalue weighted by molar-refractivity contribution is 0.0503. The molecule has 3 N–H and O–H groups in total. The molecule has 0 bridgehead atoms. The van der Waals surface area contributed by atoms with Crippen molar-refractivity contribution in [3.05, 3.63) is 64.7 Å². The van der Waals surface area contributed by atoms with Crippen molar-refractivity contribution in [2.45, 2.75) is 19.5 Å². The molecule has 2 heterocycles. The molecule has 134 valence electrons. The summed E-state index contributed by atoms with van der Waals surface area (Å²) < 4.78 is 0. The average molecular weight is 351 g/mol. The van der Waals surface area contributed by atoms with Crippen LogP contribution in [-0.4, -0.2) is 30.4 Å². The smallest absolute Gasteiger partial charge is 0.356 e. The number of hydrazine groups is 1. The van der Waals surface area contributed by atoms with E-state index in [2.05, 4.69) is 44.4 Å². The molecule has 0 spiro atoms. The van der Waals surface area contributed by atoms with Crippen LogP contribution in [0.5, 0.6) is 0 Å². The highest BCUT2D eigenvalue weighted by atomic mass is 16.7. The van der Waals surface area contributed by atoms with E-state index in [-0.39, 0.29) is 0 Å². The normalized spacial score (nSPS) is 16.3. The van der Waals surface area contributed by atoms with Crippen molar-refractivity contribution in [3.63, 3.8) is 0 Å². The van der Waals surface area contributed by atoms with E-state index >= 15 is 0 Å². The Balaban J connectivity index is 1.40. The van der Waals surface area contributed by atoms with Crippen LogP contribution in [0.25, 0.3) is 0 Å². The van der Waals surface area contributed by atoms with Gasteiger partial charge in [-0.05, 0) is 47.4 Å². The molecule has 0 aliphatic carbocycles. The van der Waals surface area contributed by atoms with E-state index in [1.807, 2.05) is 17.1 Å². The number of hydrogen-bond donors (Lipinski definition) is 2. The highest BCUT2D eigenvalue weighted by molar-refractivity contribution is 5.89. The third kappa shape index (κ3) is 3.40. The van der Waals surface area contributed by atoms with Crippen LogP contribution in [-0.2, 0) is 24.3 Å². The molecule has 26 heavy (non-hydrogen) atoms. The molecule has 0 saturated heterocycles. The maximum Gasteiger partial charge on any atom is 0.356 e. The zero-order valence-electron chi connectivity index (χ0n) is 14.4. The number of hydrogen-bond acceptors (Lipinski definition) is 7. The Morgan fingerprint density at radius 3 is 2.77 bits per heavy atom. The number of aliphatic imine (C=N–C) groups is 1. The summed E-state index contributed by atoms with van der Waals surface area (Å²) in [6.45, 7) is 3.37. The minimum atomic E-state index is -0.492. The molecule has 0 amide bonds. The molecule has 0 unspecified atom stereocenters. The number of fused-ring (bicyclic) bond motifs is 1. The SMILES string of the molecule is NOC(=O)c1ccc2c(c1)CCN(Cc1ccc(N3CN=CN3)cc1)C2. The zero-order chi connectivity index (χ0) is 17.9. The number of anilines is 1. The second-order valence-corrected chi connectivity index (χ2v) is 6.53. The molecule has 7 heteroatoms. The maximum atomic E-state index is 11.6. The first-order valence-electron chi connectivity index (χ1n) is 8.59. The number of carbonyl (C=O) groups excluding carboxylic acids is 1. The maximum absolute atomic E-state index is 11.6. The third-order valence-corrected chi connectivity index (χ3v) is 4.82. The van der Waals surface area contributed by atoms with Gasteiger partial charge < -0.3 is 4.84 Å². The van der Waals surface area contributed by atoms with Gasteiger partial charge in [-0.2, -0.15) is 5.90 Å². The lowest BCUT2D eigenvalue weighted by atomic mass is 9.97. The highest BCUT2D eigenvalue weighted by Gasteiger charge is 2.18. The number of rotatable bonds is 4. The molecule has 2 aromatic rings. The predicted molar refractivity (Wildman–Crippen MR) is 99.3 cm³/mol. The molecule has 4 rings (SSSR count). The fourth-order valence-electron chi connectivity index (χ4n) is 3.41. The molecular formula is C19H21N5O2. The molecule has 2 aromatic carbocycles. The van der Waals surface area contributed by atoms with E-state index in [1.165, 1.54) is 16.7 Å². The van der Waals surface area contributed by atoms with Gasteiger partial charge in [-0.15, -0.1) is 0 Å². The minimum absolute atomic E-state index is 0.492. The van der Waals surface area contributed by atoms with Crippen molar-refractivity contribution in [1.82, 2.24) is 10.3 Å². The van der Waals surface area contributed by atoms with Gasteiger partial charge in [0.1, 0.15) is 13.0 Å². The number of nitrogens with one attached hydrogen (secondary N) is 1. The fraction of sp³-hybridized carbons (Fsp3) is 0.263. The molecule has 2 aliphatic heterocycles. The van der Waals surface area contributed by atoms with Crippen LogP contribution >= 0.6 is 0 Å². The second kappa shape index (κ2) is 7.15. The molecule has 0 aromatic heterocycles. The highest BCUT2D eigenvalue weighted by Crippen LogP contribution is 2.23. The standard InChI is InChI=1S/C19H21N5O2/c20-26-19(25)16-3-4-17-11-23(8-7-15(17)9-16)10-14-1-5-18(6-2-14)24-13-21-12-22-24/h1-6,9,12H,7-8,10-11,13,20H2,(H,21,22). The van der Waals surface area contributed by atoms with Crippen LogP contribution in [0.15, 0.2) is 47.5 Å². The first-order valence-corrected chi connectivity index (χ1v) is 8.59. The predicted octanol–water partition coefficient (Wildman–Crippen LogP) is 1.59. The average Bonchev–Trinajstić information content (AvgIpc) is 3.22. The van der Waals surface area contributed by atoms with Crippen LogP contribution < -0.4 is 16.3 Å². The Morgan fingerprint density at radius 1 is 1.19 bits per heavy atom. The van der Waals surface area contributed by atoms with Gasteiger partial charge in [0.25, 0.3) is 0 Å². The first kappa shape index (κ1) is 16.6. The largest absolute Gasteiger partial charge is 0.370 e. The van der Waals surface area contributed by atoms with Crippen molar-refractivity contribution < 1.29 is 9.63 Å². The molecule has 0 radical (unpaired) electrons. The molecule has 0 fully saturated rings. The van der Waals surface area contributed by atoms with E-state index in [1.54, 1.807) is 12.4 Å². The van der Waals surface area contributed by atoms with Crippen LogP contribution in [0.3, 0.4) is 0 Å². The van der Waals surface area contributed by atoms with Crippen molar-refractivity contribution in [2.24, 2.45) is 10.9 Å². The van der Waals surface area contributed by atoms with Gasteiger partial charge in [0.15, 0.2) is 0 Å². The van der Waals surface area contributed by atoms with Crippen LogP contribution in [0.4, 0.5) is 5.69 Å². The summed E-state index contributed by atoms with van der Waals surface area (Å²) in [4.78, 5) is 22.4. The summed E-state index contributed by atoms with van der Waals surface area (Å²) >= 11 is 0. The van der Waals surface area contributed by atoms with Gasteiger partial charge in [-0.25, -0.2) is 4.79 Å². The van der Waals surface area contributed by atoms with Crippen LogP contribution in [0, 0.1) is 0 Å². The quantitative estimate of drug-likeness (QED) is 0.814. The molecule has 0 saturated carbocycles. The summed E-state index contributed by atoms with van der Waals surface area (Å²) in [7, 11) is 0. The van der Waals surface area contributed by atoms with Crippen LogP contribution in [0.2, 0.25) is 0 Å². The van der Waals surface area contributed by atoms with Crippen molar-refractivity contribution in [2.75, 3.05) is 18.2 Å². The van der Waals surface area contributed by atoms with Gasteiger partial charge in [0.05, 0.1) is 11.3 Å². The fourth-order valence-corrected chi connectivity index (χ4v) is 3.41. The van der Waals surface area contributed by atoms with Gasteiger partial charge in [0, 0.05) is 19.6 Å². The van der Waals surface area contributed by atoms with Gasteiger partial charge in [0.2, 0.25) is 0 Å². The minimum Gasteiger partial charge on any atom is -0.370 e. The van der Waals surface area contributed by atoms with Crippen LogP contribution in [0.1, 0.15) is 27.0 Å². The van der Waals surface area contributed by atoms with E-state index < -0.39 is 5.97 Å². The summed E-state index contributed by atoms with van der Waals surface area (Å²) in [6.07, 6.45) is 2.62. The van der Waals surface area contributed by atoms with E-state index in [0.717, 1.165) is 31.7 Å². The van der Waals surface area contributed by atoms with Gasteiger partial charge >= 0.3 is 5.97 Å². The number of carbonyl (C=O) groups is 1. The summed E-state index contributed by atoms with van der Waals surface area (Å²) in [5.41, 5.74) is 8.43. The first-order chi connectivity index (χ1) is 12.7. The topological polar surface area (TPSA) is 83.2 Å². The Bertz CT molecular complexity index is 826. The number of benzene rings is 2. The third-order valence-electron chi connectivity index (χ3n) is 4.82. The van der Waals surface area contributed by atoms with Gasteiger partial charge in [-0.1, -0.05) is 18.2 Å². The van der Waals surface area contributed by atoms with Crippen molar-refractivity contribution >= 4 is 18.0 Å². The summed E-state index contributed by atoms with van der Waals surface area (Å²) in [6, 6.07) is 14.2. The second-order valence-electron chi connectivity index (χ2n) is 6.53. The monoisotopic (exact) mass is 351 g/mol. The molecule has 7 nitrogen and oxygen atoms in total. The van der Waals surface area contributed by atoms with Crippen molar-refractivity contribution in [1.29, 1.82) is 0 Å². The van der Waals surface area contributed by atoms with E-state index in [9.17, 15) is 4.79 Å².